The van der Waals surface area contributed by atoms with Crippen LogP contribution in [0.4, 0.5) is 5.13 Å². The second kappa shape index (κ2) is 10.3. The molecule has 0 aromatic carbocycles. The molecule has 3 saturated heterocycles. The van der Waals surface area contributed by atoms with Crippen LogP contribution in [0.5, 0.6) is 0 Å². The number of β-lactam (4-membered cyclic amide) rings is 1. The Kier molecular flexibility index (Phi) is 6.81. The van der Waals surface area contributed by atoms with Crippen molar-refractivity contribution in [2.75, 3.05) is 31.1 Å². The molecule has 4 aliphatic rings. The number of aromatic amines is 1. The fraction of sp³-hybridized carbons (Fsp3) is 0.500. The van der Waals surface area contributed by atoms with Crippen molar-refractivity contribution in [1.82, 2.24) is 25.2 Å². The standard InChI is InChI=1S/C24H28N8O5S2/c25-24-28-16(11-39-24)17(30-37-9-14-7-26-12-27-14)20(33)29-18-21(34)31-19(23(35)36)13(10-38-22(18)31)8-32-5-1-3-15(32)4-2-6-32/h7,11-12,15,18,22H,1-6,8-10H2,(H4-,25,26,27,28,29,33,35,36)/b30-17-/t15?,18-,22-,32?/m1/s1. The number of imidazole rings is 1. The minimum absolute atomic E-state index is 0.0361. The molecular formula is C24H28N8O5S2. The smallest absolute Gasteiger partial charge is 0.276 e. The number of thioether (sulfide) groups is 1. The van der Waals surface area contributed by atoms with Gasteiger partial charge in [0.2, 0.25) is 0 Å². The van der Waals surface area contributed by atoms with Crippen molar-refractivity contribution in [1.29, 1.82) is 0 Å². The number of nitrogens with zero attached hydrogens (tertiary/aromatic N) is 5. The molecule has 6 rings (SSSR count). The molecule has 0 bridgehead atoms. The van der Waals surface area contributed by atoms with Gasteiger partial charge in [0.25, 0.3) is 11.8 Å². The van der Waals surface area contributed by atoms with Crippen molar-refractivity contribution < 1.29 is 28.8 Å². The highest BCUT2D eigenvalue weighted by Gasteiger charge is 2.55. The molecule has 206 valence electrons. The van der Waals surface area contributed by atoms with Gasteiger partial charge in [-0.3, -0.25) is 14.5 Å². The van der Waals surface area contributed by atoms with Gasteiger partial charge in [-0.05, 0) is 0 Å². The van der Waals surface area contributed by atoms with Crippen LogP contribution in [0.2, 0.25) is 0 Å². The number of H-pyrrole nitrogens is 1. The number of carboxylic acids is 1. The predicted molar refractivity (Wildman–Crippen MR) is 141 cm³/mol. The van der Waals surface area contributed by atoms with Crippen molar-refractivity contribution in [3.8, 4) is 0 Å². The Morgan fingerprint density at radius 1 is 1.33 bits per heavy atom. The lowest BCUT2D eigenvalue weighted by Gasteiger charge is -2.51. The fourth-order valence-electron chi connectivity index (χ4n) is 6.25. The number of carbonyl (C=O) groups excluding carboxylic acids is 3. The van der Waals surface area contributed by atoms with E-state index in [0.717, 1.165) is 47.3 Å². The lowest BCUT2D eigenvalue weighted by Crippen LogP contribution is -2.72. The normalized spacial score (nSPS) is 28.2. The Morgan fingerprint density at radius 2 is 2.13 bits per heavy atom. The minimum atomic E-state index is -1.35. The Hall–Kier alpha value is -3.43. The molecule has 6 heterocycles. The molecule has 3 fully saturated rings. The number of oxime groups is 1. The highest BCUT2D eigenvalue weighted by molar-refractivity contribution is 8.00. The van der Waals surface area contributed by atoms with E-state index in [0.29, 0.717) is 24.0 Å². The van der Waals surface area contributed by atoms with Gasteiger partial charge in [-0.1, -0.05) is 5.16 Å². The van der Waals surface area contributed by atoms with Crippen LogP contribution in [0.3, 0.4) is 0 Å². The fourth-order valence-corrected chi connectivity index (χ4v) is 8.14. The lowest BCUT2D eigenvalue weighted by molar-refractivity contribution is -0.922. The summed E-state index contributed by atoms with van der Waals surface area (Å²) in [5, 5.41) is 20.2. The van der Waals surface area contributed by atoms with Crippen LogP contribution < -0.4 is 16.2 Å². The Morgan fingerprint density at radius 3 is 2.79 bits per heavy atom. The molecule has 15 heteroatoms. The molecule has 39 heavy (non-hydrogen) atoms. The third-order valence-electron chi connectivity index (χ3n) is 8.00. The summed E-state index contributed by atoms with van der Waals surface area (Å²) in [5.74, 6) is -2.06. The number of amides is 2. The number of nitrogen functional groups attached to an aromatic ring is 1. The largest absolute Gasteiger partial charge is 0.543 e. The van der Waals surface area contributed by atoms with Gasteiger partial charge >= 0.3 is 0 Å². The predicted octanol–water partition coefficient (Wildman–Crippen LogP) is -0.454. The monoisotopic (exact) mass is 572 g/mol. The molecule has 2 atom stereocenters. The van der Waals surface area contributed by atoms with E-state index in [1.54, 1.807) is 11.6 Å². The summed E-state index contributed by atoms with van der Waals surface area (Å²) in [6, 6.07) is -0.360. The molecule has 0 aliphatic carbocycles. The quantitative estimate of drug-likeness (QED) is 0.155. The third-order valence-corrected chi connectivity index (χ3v) is 10.0. The zero-order valence-electron chi connectivity index (χ0n) is 21.0. The van der Waals surface area contributed by atoms with Crippen molar-refractivity contribution in [3.05, 3.63) is 40.6 Å². The van der Waals surface area contributed by atoms with Crippen LogP contribution in [0.25, 0.3) is 0 Å². The van der Waals surface area contributed by atoms with Crippen molar-refractivity contribution >= 4 is 51.7 Å². The van der Waals surface area contributed by atoms with Gasteiger partial charge in [-0.2, -0.15) is 0 Å². The first-order valence-corrected chi connectivity index (χ1v) is 14.7. The summed E-state index contributed by atoms with van der Waals surface area (Å²) in [4.78, 5) is 56.3. The molecule has 0 radical (unpaired) electrons. The number of carboxylic acid groups (broad SMARTS) is 1. The van der Waals surface area contributed by atoms with Crippen molar-refractivity contribution in [2.45, 2.75) is 49.7 Å². The number of hydrogen-bond donors (Lipinski definition) is 3. The summed E-state index contributed by atoms with van der Waals surface area (Å²) in [7, 11) is 0. The van der Waals surface area contributed by atoms with E-state index < -0.39 is 29.2 Å². The van der Waals surface area contributed by atoms with Gasteiger partial charge < -0.3 is 35.3 Å². The number of hydrogen-bond acceptors (Lipinski definition) is 11. The SMILES string of the molecule is Nc1nc(/C(=N/OCc2cnc[nH]2)C(=O)N[C@@H]2C(=O)N3C(C(=O)[O-])=C(C[N+]45CCCC4CCC5)CS[C@H]23)cs1. The van der Waals surface area contributed by atoms with Gasteiger partial charge in [-0.25, -0.2) is 9.97 Å². The number of thiazole rings is 1. The Bertz CT molecular complexity index is 1350. The summed E-state index contributed by atoms with van der Waals surface area (Å²) in [6.45, 7) is 2.75. The molecule has 0 spiro atoms. The second-order valence-electron chi connectivity index (χ2n) is 10.2. The van der Waals surface area contributed by atoms with Crippen molar-refractivity contribution in [2.24, 2.45) is 5.16 Å². The Labute approximate surface area is 232 Å². The van der Waals surface area contributed by atoms with Gasteiger partial charge in [-0.15, -0.1) is 23.1 Å². The summed E-state index contributed by atoms with van der Waals surface area (Å²) in [6.07, 6.45) is 7.68. The number of fused-ring (bicyclic) bond motifs is 2. The molecule has 2 amide bonds. The van der Waals surface area contributed by atoms with E-state index in [-0.39, 0.29) is 28.8 Å². The molecular weight excluding hydrogens is 544 g/mol. The van der Waals surface area contributed by atoms with Crippen LogP contribution in [0, 0.1) is 0 Å². The topological polar surface area (TPSA) is 179 Å². The zero-order valence-corrected chi connectivity index (χ0v) is 22.6. The van der Waals surface area contributed by atoms with Gasteiger partial charge in [0.15, 0.2) is 17.5 Å². The average Bonchev–Trinajstić information content (AvgIpc) is 3.70. The zero-order chi connectivity index (χ0) is 27.1. The maximum atomic E-state index is 13.3. The van der Waals surface area contributed by atoms with E-state index in [2.05, 4.69) is 25.4 Å². The number of quaternary nitrogens is 1. The first-order chi connectivity index (χ1) is 18.9. The highest BCUT2D eigenvalue weighted by atomic mass is 32.2. The second-order valence-corrected chi connectivity index (χ2v) is 12.2. The first-order valence-electron chi connectivity index (χ1n) is 12.8. The molecule has 2 aromatic heterocycles. The van der Waals surface area contributed by atoms with Crippen LogP contribution in [0.15, 0.2) is 34.3 Å². The summed E-state index contributed by atoms with van der Waals surface area (Å²) in [5.41, 5.74) is 7.17. The van der Waals surface area contributed by atoms with Crippen LogP contribution >= 0.6 is 23.1 Å². The van der Waals surface area contributed by atoms with E-state index in [1.807, 2.05) is 0 Å². The van der Waals surface area contributed by atoms with E-state index >= 15 is 0 Å². The molecule has 4 aliphatic heterocycles. The number of aromatic nitrogens is 3. The highest BCUT2D eigenvalue weighted by Crippen LogP contribution is 2.43. The van der Waals surface area contributed by atoms with E-state index in [1.165, 1.54) is 35.8 Å². The van der Waals surface area contributed by atoms with E-state index in [9.17, 15) is 19.5 Å². The van der Waals surface area contributed by atoms with Crippen LogP contribution in [-0.4, -0.2) is 90.7 Å². The first kappa shape index (κ1) is 25.8. The third kappa shape index (κ3) is 4.67. The summed E-state index contributed by atoms with van der Waals surface area (Å²) < 4.78 is 0.911. The number of carbonyl (C=O) groups is 3. The number of nitrogens with two attached hydrogens (primary N) is 1. The maximum absolute atomic E-state index is 13.3. The summed E-state index contributed by atoms with van der Waals surface area (Å²) >= 11 is 2.59. The lowest BCUT2D eigenvalue weighted by atomic mass is 10.0. The molecule has 4 N–H and O–H groups in total. The van der Waals surface area contributed by atoms with Crippen LogP contribution in [-0.2, 0) is 25.8 Å². The number of anilines is 1. The minimum Gasteiger partial charge on any atom is -0.543 e. The van der Waals surface area contributed by atoms with Gasteiger partial charge in [0.1, 0.15) is 23.7 Å². The van der Waals surface area contributed by atoms with Gasteiger partial charge in [0.05, 0.1) is 49.0 Å². The van der Waals surface area contributed by atoms with Crippen LogP contribution in [0.1, 0.15) is 37.1 Å². The number of nitrogens with one attached hydrogen (secondary N) is 2. The number of aliphatic carboxylic acids is 1. The molecule has 13 nitrogen and oxygen atoms in total. The van der Waals surface area contributed by atoms with E-state index in [4.69, 9.17) is 10.6 Å². The van der Waals surface area contributed by atoms with Crippen molar-refractivity contribution in [3.63, 3.8) is 0 Å². The molecule has 0 unspecified atom stereocenters. The maximum Gasteiger partial charge on any atom is 0.276 e. The number of rotatable bonds is 9. The van der Waals surface area contributed by atoms with Gasteiger partial charge in [0, 0.05) is 42.4 Å². The average molecular weight is 573 g/mol. The molecule has 2 aromatic rings. The molecule has 0 saturated carbocycles. The Balaban J connectivity index is 1.19.